The number of morpholine rings is 1. The maximum atomic E-state index is 12.5. The maximum absolute atomic E-state index is 12.5. The van der Waals surface area contributed by atoms with Crippen LogP contribution in [0.25, 0.3) is 0 Å². The molecule has 6 nitrogen and oxygen atoms in total. The van der Waals surface area contributed by atoms with Crippen LogP contribution in [0.4, 0.5) is 0 Å². The number of ether oxygens (including phenoxy) is 1. The van der Waals surface area contributed by atoms with Crippen molar-refractivity contribution in [3.05, 3.63) is 28.7 Å². The molecule has 1 aliphatic heterocycles. The van der Waals surface area contributed by atoms with Gasteiger partial charge in [0.05, 0.1) is 29.9 Å². The summed E-state index contributed by atoms with van der Waals surface area (Å²) in [5.41, 5.74) is 0. The van der Waals surface area contributed by atoms with Crippen molar-refractivity contribution in [3.63, 3.8) is 0 Å². The Labute approximate surface area is 158 Å². The van der Waals surface area contributed by atoms with E-state index in [4.69, 9.17) is 10.00 Å². The Morgan fingerprint density at radius 2 is 1.84 bits per heavy atom. The molecule has 0 radical (unpaired) electrons. The molecule has 1 heterocycles. The number of nitrogens with zero attached hydrogens (tertiary/aromatic N) is 3. The number of rotatable bonds is 9. The lowest BCUT2D eigenvalue weighted by atomic mass is 10.3. The maximum Gasteiger partial charge on any atom is 0.179 e. The molecule has 1 aliphatic rings. The van der Waals surface area contributed by atoms with Crippen molar-refractivity contribution in [2.75, 3.05) is 58.2 Å². The summed E-state index contributed by atoms with van der Waals surface area (Å²) >= 11 is 3.31. The van der Waals surface area contributed by atoms with E-state index in [9.17, 15) is 8.42 Å². The summed E-state index contributed by atoms with van der Waals surface area (Å²) in [6, 6.07) is 8.85. The second-order valence-corrected chi connectivity index (χ2v) is 9.00. The average molecular weight is 430 g/mol. The molecule has 0 aromatic heterocycles. The predicted molar refractivity (Wildman–Crippen MR) is 100 cm³/mol. The van der Waals surface area contributed by atoms with Crippen LogP contribution in [0.15, 0.2) is 33.6 Å². The fraction of sp³-hybridized carbons (Fsp3) is 0.588. The van der Waals surface area contributed by atoms with Crippen molar-refractivity contribution in [1.82, 2.24) is 9.80 Å². The molecule has 138 valence electrons. The highest BCUT2D eigenvalue weighted by Crippen LogP contribution is 2.16. The van der Waals surface area contributed by atoms with Gasteiger partial charge in [-0.2, -0.15) is 5.26 Å². The number of hydrogen-bond donors (Lipinski definition) is 0. The van der Waals surface area contributed by atoms with Crippen LogP contribution in [-0.2, 0) is 14.6 Å². The first-order valence-electron chi connectivity index (χ1n) is 8.39. The van der Waals surface area contributed by atoms with E-state index < -0.39 is 9.84 Å². The molecule has 0 N–H and O–H groups in total. The lowest BCUT2D eigenvalue weighted by Gasteiger charge is -2.29. The molecule has 0 atom stereocenters. The zero-order valence-corrected chi connectivity index (χ0v) is 16.6. The zero-order chi connectivity index (χ0) is 18.1. The highest BCUT2D eigenvalue weighted by atomic mass is 79.9. The second-order valence-electron chi connectivity index (χ2n) is 5.98. The average Bonchev–Trinajstić information content (AvgIpc) is 2.62. The van der Waals surface area contributed by atoms with Gasteiger partial charge in [0, 0.05) is 50.2 Å². The first-order valence-corrected chi connectivity index (χ1v) is 10.8. The van der Waals surface area contributed by atoms with Gasteiger partial charge >= 0.3 is 0 Å². The lowest BCUT2D eigenvalue weighted by Crippen LogP contribution is -2.42. The molecule has 1 aromatic carbocycles. The van der Waals surface area contributed by atoms with Crippen LogP contribution in [0.1, 0.15) is 6.42 Å². The third kappa shape index (κ3) is 7.04. The molecule has 1 aromatic rings. The van der Waals surface area contributed by atoms with Gasteiger partial charge in [0.15, 0.2) is 9.84 Å². The summed E-state index contributed by atoms with van der Waals surface area (Å²) in [5.74, 6) is 0.0587. The van der Waals surface area contributed by atoms with Gasteiger partial charge in [0.1, 0.15) is 0 Å². The van der Waals surface area contributed by atoms with Crippen LogP contribution >= 0.6 is 15.9 Å². The van der Waals surface area contributed by atoms with Gasteiger partial charge < -0.3 is 9.64 Å². The lowest BCUT2D eigenvalue weighted by molar-refractivity contribution is 0.0337. The molecule has 1 saturated heterocycles. The molecule has 8 heteroatoms. The smallest absolute Gasteiger partial charge is 0.179 e. The third-order valence-corrected chi connectivity index (χ3v) is 6.46. The molecule has 0 aliphatic carbocycles. The molecule has 0 amide bonds. The molecule has 0 bridgehead atoms. The minimum atomic E-state index is -3.32. The molecule has 0 spiro atoms. The predicted octanol–water partition coefficient (Wildman–Crippen LogP) is 1.77. The standard InChI is InChI=1S/C17H24BrN3O3S/c18-16-2-4-17(5-3-16)25(22,23)15-12-20(7-1-6-19)8-9-21-10-13-24-14-11-21/h2-5H,1,7-15H2. The van der Waals surface area contributed by atoms with E-state index in [-0.39, 0.29) is 5.75 Å². The van der Waals surface area contributed by atoms with E-state index in [2.05, 4.69) is 31.8 Å². The Kier molecular flexibility index (Phi) is 8.33. The minimum Gasteiger partial charge on any atom is -0.379 e. The van der Waals surface area contributed by atoms with Crippen molar-refractivity contribution < 1.29 is 13.2 Å². The van der Waals surface area contributed by atoms with Crippen molar-refractivity contribution in [1.29, 1.82) is 5.26 Å². The SMILES string of the molecule is N#CCCN(CCN1CCOCC1)CCS(=O)(=O)c1ccc(Br)cc1. The molecular weight excluding hydrogens is 406 g/mol. The fourth-order valence-electron chi connectivity index (χ4n) is 2.66. The van der Waals surface area contributed by atoms with Crippen LogP contribution in [0.5, 0.6) is 0 Å². The Balaban J connectivity index is 1.89. The van der Waals surface area contributed by atoms with Crippen molar-refractivity contribution >= 4 is 25.8 Å². The van der Waals surface area contributed by atoms with E-state index in [0.29, 0.717) is 24.4 Å². The van der Waals surface area contributed by atoms with Crippen LogP contribution < -0.4 is 0 Å². The summed E-state index contributed by atoms with van der Waals surface area (Å²) in [6.07, 6.45) is 0.404. The van der Waals surface area contributed by atoms with Gasteiger partial charge in [0.25, 0.3) is 0 Å². The van der Waals surface area contributed by atoms with Gasteiger partial charge in [-0.05, 0) is 24.3 Å². The molecule has 25 heavy (non-hydrogen) atoms. The Bertz CT molecular complexity index is 667. The van der Waals surface area contributed by atoms with Crippen molar-refractivity contribution in [2.45, 2.75) is 11.3 Å². The van der Waals surface area contributed by atoms with Gasteiger partial charge in [-0.15, -0.1) is 0 Å². The van der Waals surface area contributed by atoms with Gasteiger partial charge in [-0.3, -0.25) is 4.90 Å². The first-order chi connectivity index (χ1) is 12.0. The van der Waals surface area contributed by atoms with Gasteiger partial charge in [0.2, 0.25) is 0 Å². The van der Waals surface area contributed by atoms with Crippen LogP contribution in [-0.4, -0.2) is 76.5 Å². The van der Waals surface area contributed by atoms with E-state index in [1.54, 1.807) is 24.3 Å². The summed E-state index contributed by atoms with van der Waals surface area (Å²) in [7, 11) is -3.32. The minimum absolute atomic E-state index is 0.0587. The first kappa shape index (κ1) is 20.3. The summed E-state index contributed by atoms with van der Waals surface area (Å²) in [5, 5.41) is 8.84. The number of benzene rings is 1. The van der Waals surface area contributed by atoms with E-state index in [1.807, 2.05) is 0 Å². The second kappa shape index (κ2) is 10.2. The Morgan fingerprint density at radius 3 is 2.48 bits per heavy atom. The largest absolute Gasteiger partial charge is 0.379 e. The number of sulfone groups is 1. The topological polar surface area (TPSA) is 73.6 Å². The van der Waals surface area contributed by atoms with E-state index >= 15 is 0 Å². The molecular formula is C17H24BrN3O3S. The van der Waals surface area contributed by atoms with Crippen LogP contribution in [0.2, 0.25) is 0 Å². The van der Waals surface area contributed by atoms with Gasteiger partial charge in [-0.1, -0.05) is 15.9 Å². The van der Waals surface area contributed by atoms with E-state index in [1.165, 1.54) is 0 Å². The summed E-state index contributed by atoms with van der Waals surface area (Å²) < 4.78 is 31.2. The normalized spacial score (nSPS) is 16.0. The van der Waals surface area contributed by atoms with Gasteiger partial charge in [-0.25, -0.2) is 8.42 Å². The monoisotopic (exact) mass is 429 g/mol. The zero-order valence-electron chi connectivity index (χ0n) is 14.2. The highest BCUT2D eigenvalue weighted by molar-refractivity contribution is 9.10. The molecule has 0 saturated carbocycles. The molecule has 1 fully saturated rings. The van der Waals surface area contributed by atoms with E-state index in [0.717, 1.165) is 43.9 Å². The Hall–Kier alpha value is -0.980. The Morgan fingerprint density at radius 1 is 1.16 bits per heavy atom. The summed E-state index contributed by atoms with van der Waals surface area (Å²) in [6.45, 7) is 5.96. The number of halogens is 1. The van der Waals surface area contributed by atoms with Crippen molar-refractivity contribution in [2.24, 2.45) is 0 Å². The summed E-state index contributed by atoms with van der Waals surface area (Å²) in [4.78, 5) is 4.71. The molecule has 2 rings (SSSR count). The molecule has 0 unspecified atom stereocenters. The van der Waals surface area contributed by atoms with Crippen LogP contribution in [0.3, 0.4) is 0 Å². The third-order valence-electron chi connectivity index (χ3n) is 4.22. The highest BCUT2D eigenvalue weighted by Gasteiger charge is 2.18. The number of nitriles is 1. The quantitative estimate of drug-likeness (QED) is 0.595. The van der Waals surface area contributed by atoms with Crippen molar-refractivity contribution in [3.8, 4) is 6.07 Å². The number of hydrogen-bond acceptors (Lipinski definition) is 6. The fourth-order valence-corrected chi connectivity index (χ4v) is 4.21. The van der Waals surface area contributed by atoms with Crippen LogP contribution in [0, 0.1) is 11.3 Å².